The molecule has 7 heteroatoms. The Kier molecular flexibility index (Phi) is 6.27. The molecule has 2 aliphatic carbocycles. The summed E-state index contributed by atoms with van der Waals surface area (Å²) in [5.41, 5.74) is 0. The van der Waals surface area contributed by atoms with Crippen LogP contribution >= 0.6 is 0 Å². The van der Waals surface area contributed by atoms with Gasteiger partial charge < -0.3 is 10.6 Å². The first-order valence-electron chi connectivity index (χ1n) is 11.1. The monoisotopic (exact) mass is 396 g/mol. The van der Waals surface area contributed by atoms with Crippen molar-refractivity contribution in [3.8, 4) is 0 Å². The predicted octanol–water partition coefficient (Wildman–Crippen LogP) is 1.92. The molecule has 2 saturated heterocycles. The van der Waals surface area contributed by atoms with Crippen molar-refractivity contribution in [2.24, 2.45) is 10.9 Å². The van der Waals surface area contributed by atoms with E-state index < -0.39 is 9.84 Å². The van der Waals surface area contributed by atoms with E-state index in [1.807, 2.05) is 0 Å². The van der Waals surface area contributed by atoms with E-state index >= 15 is 0 Å². The van der Waals surface area contributed by atoms with Crippen molar-refractivity contribution in [1.29, 1.82) is 0 Å². The number of aliphatic imine (C=N–C) groups is 1. The third-order valence-electron chi connectivity index (χ3n) is 6.93. The van der Waals surface area contributed by atoms with Gasteiger partial charge in [-0.05, 0) is 44.4 Å². The topological polar surface area (TPSA) is 73.8 Å². The molecule has 2 atom stereocenters. The Morgan fingerprint density at radius 1 is 0.926 bits per heavy atom. The van der Waals surface area contributed by atoms with Crippen LogP contribution < -0.4 is 10.6 Å². The Balaban J connectivity index is 1.33. The van der Waals surface area contributed by atoms with E-state index in [0.29, 0.717) is 30.1 Å². The van der Waals surface area contributed by atoms with Crippen LogP contribution in [-0.2, 0) is 9.84 Å². The quantitative estimate of drug-likeness (QED) is 0.549. The molecule has 2 unspecified atom stereocenters. The summed E-state index contributed by atoms with van der Waals surface area (Å²) in [6, 6.07) is 1.78. The van der Waals surface area contributed by atoms with Gasteiger partial charge in [0.2, 0.25) is 0 Å². The van der Waals surface area contributed by atoms with Gasteiger partial charge >= 0.3 is 0 Å². The van der Waals surface area contributed by atoms with Gasteiger partial charge in [0.05, 0.1) is 11.5 Å². The third-order valence-corrected chi connectivity index (χ3v) is 8.77. The fourth-order valence-corrected chi connectivity index (χ4v) is 7.18. The highest BCUT2D eigenvalue weighted by Gasteiger charge is 2.31. The Morgan fingerprint density at radius 2 is 1.63 bits per heavy atom. The molecule has 2 saturated carbocycles. The standard InChI is InChI=1S/C20H36N4O2S/c25-27(26)12-10-16(15-27)13-21-20(22-17-5-1-2-6-17)23-18-9-11-24(14-18)19-7-3-4-8-19/h16-19H,1-15H2,(H2,21,22,23). The predicted molar refractivity (Wildman–Crippen MR) is 110 cm³/mol. The molecule has 2 aliphatic heterocycles. The third kappa shape index (κ3) is 5.37. The van der Waals surface area contributed by atoms with Crippen LogP contribution in [0, 0.1) is 5.92 Å². The highest BCUT2D eigenvalue weighted by atomic mass is 32.2. The lowest BCUT2D eigenvalue weighted by atomic mass is 10.1. The first-order valence-corrected chi connectivity index (χ1v) is 12.9. The van der Waals surface area contributed by atoms with Crippen molar-refractivity contribution in [2.75, 3.05) is 31.1 Å². The number of sulfone groups is 1. The van der Waals surface area contributed by atoms with Crippen LogP contribution in [0.1, 0.15) is 64.2 Å². The zero-order valence-corrected chi connectivity index (χ0v) is 17.4. The summed E-state index contributed by atoms with van der Waals surface area (Å²) in [5, 5.41) is 7.33. The summed E-state index contributed by atoms with van der Waals surface area (Å²) >= 11 is 0. The number of nitrogens with one attached hydrogen (secondary N) is 2. The minimum atomic E-state index is -2.82. The van der Waals surface area contributed by atoms with Crippen molar-refractivity contribution in [2.45, 2.75) is 82.3 Å². The van der Waals surface area contributed by atoms with E-state index in [2.05, 4.69) is 15.5 Å². The second-order valence-electron chi connectivity index (χ2n) is 9.15. The fourth-order valence-electron chi connectivity index (χ4n) is 5.33. The maximum atomic E-state index is 11.7. The maximum absolute atomic E-state index is 11.7. The van der Waals surface area contributed by atoms with E-state index in [0.717, 1.165) is 25.0 Å². The van der Waals surface area contributed by atoms with Crippen LogP contribution in [-0.4, -0.2) is 68.5 Å². The smallest absolute Gasteiger partial charge is 0.191 e. The fraction of sp³-hybridized carbons (Fsp3) is 0.950. The summed E-state index contributed by atoms with van der Waals surface area (Å²) in [7, 11) is -2.82. The first-order chi connectivity index (χ1) is 13.1. The normalized spacial score (nSPS) is 33.1. The molecule has 0 aromatic heterocycles. The van der Waals surface area contributed by atoms with Gasteiger partial charge in [-0.25, -0.2) is 8.42 Å². The number of guanidine groups is 1. The van der Waals surface area contributed by atoms with Crippen LogP contribution in [0.5, 0.6) is 0 Å². The van der Waals surface area contributed by atoms with Gasteiger partial charge in [0, 0.05) is 37.8 Å². The molecule has 27 heavy (non-hydrogen) atoms. The molecule has 154 valence electrons. The molecule has 4 fully saturated rings. The molecular weight excluding hydrogens is 360 g/mol. The minimum absolute atomic E-state index is 0.191. The summed E-state index contributed by atoms with van der Waals surface area (Å²) in [4.78, 5) is 7.50. The summed E-state index contributed by atoms with van der Waals surface area (Å²) in [5.74, 6) is 1.76. The van der Waals surface area contributed by atoms with Gasteiger partial charge in [-0.15, -0.1) is 0 Å². The molecule has 4 rings (SSSR count). The van der Waals surface area contributed by atoms with E-state index in [9.17, 15) is 8.42 Å². The molecule has 0 spiro atoms. The molecule has 6 nitrogen and oxygen atoms in total. The number of hydrogen-bond acceptors (Lipinski definition) is 4. The lowest BCUT2D eigenvalue weighted by Gasteiger charge is -2.25. The molecule has 0 radical (unpaired) electrons. The second kappa shape index (κ2) is 8.68. The van der Waals surface area contributed by atoms with Gasteiger partial charge in [0.1, 0.15) is 0 Å². The van der Waals surface area contributed by atoms with E-state index in [-0.39, 0.29) is 5.92 Å². The Labute approximate surface area is 164 Å². The van der Waals surface area contributed by atoms with Crippen LogP contribution in [0.3, 0.4) is 0 Å². The van der Waals surface area contributed by atoms with E-state index in [4.69, 9.17) is 4.99 Å². The highest BCUT2D eigenvalue weighted by molar-refractivity contribution is 7.91. The average molecular weight is 397 g/mol. The van der Waals surface area contributed by atoms with Crippen LogP contribution in [0.2, 0.25) is 0 Å². The van der Waals surface area contributed by atoms with Crippen molar-refractivity contribution in [3.63, 3.8) is 0 Å². The van der Waals surface area contributed by atoms with Gasteiger partial charge in [-0.3, -0.25) is 9.89 Å². The van der Waals surface area contributed by atoms with Crippen LogP contribution in [0.15, 0.2) is 4.99 Å². The van der Waals surface area contributed by atoms with Gasteiger partial charge in [0.25, 0.3) is 0 Å². The Bertz CT molecular complexity index is 624. The van der Waals surface area contributed by atoms with E-state index in [1.54, 1.807) is 0 Å². The summed E-state index contributed by atoms with van der Waals surface area (Å²) < 4.78 is 23.4. The SMILES string of the molecule is O=S1(=O)CCC(CN=C(NC2CCCC2)NC2CCN(C3CCCC3)C2)C1. The molecule has 0 aromatic carbocycles. The lowest BCUT2D eigenvalue weighted by molar-refractivity contribution is 0.242. The Hall–Kier alpha value is -0.820. The zero-order chi connectivity index (χ0) is 18.7. The zero-order valence-electron chi connectivity index (χ0n) is 16.5. The number of hydrogen-bond donors (Lipinski definition) is 2. The number of rotatable bonds is 5. The van der Waals surface area contributed by atoms with E-state index in [1.165, 1.54) is 64.3 Å². The lowest BCUT2D eigenvalue weighted by Crippen LogP contribution is -2.48. The minimum Gasteiger partial charge on any atom is -0.354 e. The number of nitrogens with zero attached hydrogens (tertiary/aromatic N) is 2. The average Bonchev–Trinajstić information content (AvgIpc) is 3.41. The Morgan fingerprint density at radius 3 is 2.33 bits per heavy atom. The summed E-state index contributed by atoms with van der Waals surface area (Å²) in [6.45, 7) is 2.94. The molecule has 2 N–H and O–H groups in total. The molecule has 0 bridgehead atoms. The summed E-state index contributed by atoms with van der Waals surface area (Å²) in [6.07, 6.45) is 12.5. The van der Waals surface area contributed by atoms with Crippen LogP contribution in [0.4, 0.5) is 0 Å². The maximum Gasteiger partial charge on any atom is 0.191 e. The largest absolute Gasteiger partial charge is 0.354 e. The van der Waals surface area contributed by atoms with Crippen molar-refractivity contribution in [1.82, 2.24) is 15.5 Å². The van der Waals surface area contributed by atoms with Crippen molar-refractivity contribution < 1.29 is 8.42 Å². The van der Waals surface area contributed by atoms with Crippen molar-refractivity contribution in [3.05, 3.63) is 0 Å². The number of likely N-dealkylation sites (tertiary alicyclic amines) is 1. The molecule has 0 amide bonds. The van der Waals surface area contributed by atoms with Crippen molar-refractivity contribution >= 4 is 15.8 Å². The highest BCUT2D eigenvalue weighted by Crippen LogP contribution is 2.26. The molecular formula is C20H36N4O2S. The van der Waals surface area contributed by atoms with Gasteiger partial charge in [0.15, 0.2) is 15.8 Å². The molecule has 4 aliphatic rings. The van der Waals surface area contributed by atoms with Gasteiger partial charge in [-0.2, -0.15) is 0 Å². The second-order valence-corrected chi connectivity index (χ2v) is 11.4. The van der Waals surface area contributed by atoms with Gasteiger partial charge in [-0.1, -0.05) is 25.7 Å². The molecule has 0 aromatic rings. The first kappa shape index (κ1) is 19.5. The molecule has 2 heterocycles. The van der Waals surface area contributed by atoms with Crippen LogP contribution in [0.25, 0.3) is 0 Å².